The Morgan fingerprint density at radius 3 is 2.76 bits per heavy atom. The number of thioether (sulfide) groups is 1. The van der Waals surface area contributed by atoms with Crippen molar-refractivity contribution in [1.82, 2.24) is 9.78 Å². The maximum absolute atomic E-state index is 12.8. The maximum Gasteiger partial charge on any atom is 0.260 e. The van der Waals surface area contributed by atoms with E-state index in [4.69, 9.17) is 9.52 Å². The molecular weight excluding hydrogens is 334 g/mol. The molecule has 1 N–H and O–H groups in total. The number of anilines is 1. The Hall–Kier alpha value is -2.47. The number of furan rings is 1. The van der Waals surface area contributed by atoms with Crippen LogP contribution in [-0.4, -0.2) is 15.7 Å². The zero-order valence-corrected chi connectivity index (χ0v) is 15.2. The molecule has 0 atom stereocenters. The number of hydrogen-bond donors (Lipinski definition) is 1. The van der Waals surface area contributed by atoms with Crippen LogP contribution in [0.1, 0.15) is 38.7 Å². The molecular formula is C19H19N3O2S. The molecule has 3 heterocycles. The molecule has 2 aromatic heterocycles. The predicted molar refractivity (Wildman–Crippen MR) is 99.4 cm³/mol. The van der Waals surface area contributed by atoms with E-state index in [2.05, 4.69) is 5.32 Å². The molecule has 0 fully saturated rings. The van der Waals surface area contributed by atoms with Gasteiger partial charge in [-0.15, -0.1) is 0 Å². The van der Waals surface area contributed by atoms with Crippen LogP contribution >= 0.6 is 11.8 Å². The van der Waals surface area contributed by atoms with Gasteiger partial charge in [0.2, 0.25) is 0 Å². The molecule has 1 aliphatic heterocycles. The summed E-state index contributed by atoms with van der Waals surface area (Å²) in [6.45, 7) is 5.70. The summed E-state index contributed by atoms with van der Waals surface area (Å²) < 4.78 is 7.36. The van der Waals surface area contributed by atoms with Gasteiger partial charge in [-0.1, -0.05) is 18.2 Å². The van der Waals surface area contributed by atoms with Crippen LogP contribution in [0, 0.1) is 20.8 Å². The van der Waals surface area contributed by atoms with Gasteiger partial charge < -0.3 is 9.73 Å². The summed E-state index contributed by atoms with van der Waals surface area (Å²) in [6.07, 6.45) is 0. The summed E-state index contributed by atoms with van der Waals surface area (Å²) in [5.74, 6) is 3.70. The molecule has 1 aromatic carbocycles. The highest BCUT2D eigenvalue weighted by atomic mass is 32.2. The molecule has 0 spiro atoms. The summed E-state index contributed by atoms with van der Waals surface area (Å²) in [5, 5.41) is 7.83. The number of fused-ring (bicyclic) bond motifs is 1. The van der Waals surface area contributed by atoms with Crippen LogP contribution in [0.15, 0.2) is 34.7 Å². The zero-order valence-electron chi connectivity index (χ0n) is 14.4. The molecule has 5 nitrogen and oxygen atoms in total. The number of carbonyl (C=O) groups is 1. The van der Waals surface area contributed by atoms with Crippen molar-refractivity contribution in [2.75, 3.05) is 5.32 Å². The van der Waals surface area contributed by atoms with Crippen molar-refractivity contribution in [3.8, 4) is 5.69 Å². The monoisotopic (exact) mass is 353 g/mol. The third kappa shape index (κ3) is 2.76. The van der Waals surface area contributed by atoms with Crippen LogP contribution in [-0.2, 0) is 11.5 Å². The lowest BCUT2D eigenvalue weighted by Crippen LogP contribution is -2.16. The van der Waals surface area contributed by atoms with E-state index in [9.17, 15) is 4.79 Å². The second kappa shape index (κ2) is 6.11. The standard InChI is InChI=1S/C19H19N3O2S/c1-11-6-4-5-7-17(11)22-18(15-9-25-10-16(15)21-22)20-19(23)14-8-12(2)24-13(14)3/h4-8H,9-10H2,1-3H3,(H,20,23). The number of amides is 1. The van der Waals surface area contributed by atoms with Gasteiger partial charge in [0.05, 0.1) is 16.9 Å². The first-order valence-corrected chi connectivity index (χ1v) is 9.33. The Balaban J connectivity index is 1.78. The van der Waals surface area contributed by atoms with Gasteiger partial charge in [-0.05, 0) is 38.5 Å². The van der Waals surface area contributed by atoms with Gasteiger partial charge in [0, 0.05) is 17.1 Å². The largest absolute Gasteiger partial charge is 0.466 e. The fourth-order valence-corrected chi connectivity index (χ4v) is 4.18. The second-order valence-electron chi connectivity index (χ2n) is 6.25. The van der Waals surface area contributed by atoms with Crippen molar-refractivity contribution in [3.63, 3.8) is 0 Å². The predicted octanol–water partition coefficient (Wildman–Crippen LogP) is 4.39. The van der Waals surface area contributed by atoms with E-state index < -0.39 is 0 Å². The summed E-state index contributed by atoms with van der Waals surface area (Å²) >= 11 is 1.82. The topological polar surface area (TPSA) is 60.1 Å². The number of hydrogen-bond acceptors (Lipinski definition) is 4. The van der Waals surface area contributed by atoms with E-state index >= 15 is 0 Å². The highest BCUT2D eigenvalue weighted by molar-refractivity contribution is 7.98. The first kappa shape index (κ1) is 16.0. The van der Waals surface area contributed by atoms with E-state index in [1.165, 1.54) is 0 Å². The van der Waals surface area contributed by atoms with Gasteiger partial charge in [0.25, 0.3) is 5.91 Å². The smallest absolute Gasteiger partial charge is 0.260 e. The summed E-state index contributed by atoms with van der Waals surface area (Å²) in [7, 11) is 0. The van der Waals surface area contributed by atoms with Crippen molar-refractivity contribution in [2.45, 2.75) is 32.3 Å². The second-order valence-corrected chi connectivity index (χ2v) is 7.23. The van der Waals surface area contributed by atoms with Crippen LogP contribution in [0.3, 0.4) is 0 Å². The zero-order chi connectivity index (χ0) is 17.6. The van der Waals surface area contributed by atoms with E-state index in [0.29, 0.717) is 11.3 Å². The molecule has 0 saturated heterocycles. The third-order valence-electron chi connectivity index (χ3n) is 4.41. The number of benzene rings is 1. The van der Waals surface area contributed by atoms with Crippen LogP contribution in [0.25, 0.3) is 5.69 Å². The molecule has 25 heavy (non-hydrogen) atoms. The molecule has 0 unspecified atom stereocenters. The van der Waals surface area contributed by atoms with Crippen molar-refractivity contribution < 1.29 is 9.21 Å². The number of nitrogens with zero attached hydrogens (tertiary/aromatic N) is 2. The summed E-state index contributed by atoms with van der Waals surface area (Å²) in [5.41, 5.74) is 4.82. The fourth-order valence-electron chi connectivity index (χ4n) is 3.15. The minimum atomic E-state index is -0.163. The van der Waals surface area contributed by atoms with Crippen molar-refractivity contribution in [3.05, 3.63) is 64.2 Å². The minimum Gasteiger partial charge on any atom is -0.466 e. The molecule has 0 bridgehead atoms. The van der Waals surface area contributed by atoms with Gasteiger partial charge in [-0.3, -0.25) is 4.79 Å². The number of rotatable bonds is 3. The van der Waals surface area contributed by atoms with Gasteiger partial charge in [0.15, 0.2) is 0 Å². The van der Waals surface area contributed by atoms with Crippen molar-refractivity contribution in [2.24, 2.45) is 0 Å². The van der Waals surface area contributed by atoms with Crippen LogP contribution < -0.4 is 5.32 Å². The number of nitrogens with one attached hydrogen (secondary N) is 1. The van der Waals surface area contributed by atoms with Crippen molar-refractivity contribution in [1.29, 1.82) is 0 Å². The van der Waals surface area contributed by atoms with Crippen LogP contribution in [0.5, 0.6) is 0 Å². The summed E-state index contributed by atoms with van der Waals surface area (Å²) in [6, 6.07) is 9.83. The van der Waals surface area contributed by atoms with Gasteiger partial charge in [0.1, 0.15) is 17.3 Å². The fraction of sp³-hybridized carbons (Fsp3) is 0.263. The number of aryl methyl sites for hydroxylation is 3. The maximum atomic E-state index is 12.8. The van der Waals surface area contributed by atoms with E-state index in [1.54, 1.807) is 13.0 Å². The quantitative estimate of drug-likeness (QED) is 0.759. The van der Waals surface area contributed by atoms with Crippen LogP contribution in [0.2, 0.25) is 0 Å². The Bertz CT molecular complexity index is 971. The molecule has 1 amide bonds. The average molecular weight is 353 g/mol. The highest BCUT2D eigenvalue weighted by Gasteiger charge is 2.26. The Labute approximate surface area is 150 Å². The molecule has 0 aliphatic carbocycles. The summed E-state index contributed by atoms with van der Waals surface area (Å²) in [4.78, 5) is 12.8. The lowest BCUT2D eigenvalue weighted by Gasteiger charge is -2.12. The van der Waals surface area contributed by atoms with E-state index in [1.807, 2.05) is 54.6 Å². The minimum absolute atomic E-state index is 0.163. The van der Waals surface area contributed by atoms with Gasteiger partial charge >= 0.3 is 0 Å². The Morgan fingerprint density at radius 2 is 2.04 bits per heavy atom. The van der Waals surface area contributed by atoms with E-state index in [0.717, 1.165) is 45.6 Å². The molecule has 0 saturated carbocycles. The SMILES string of the molecule is Cc1cc(C(=O)Nc2c3c(nn2-c2ccccc2C)CSC3)c(C)o1. The first-order valence-electron chi connectivity index (χ1n) is 8.17. The van der Waals surface area contributed by atoms with Gasteiger partial charge in [-0.2, -0.15) is 16.9 Å². The van der Waals surface area contributed by atoms with Crippen molar-refractivity contribution >= 4 is 23.5 Å². The Morgan fingerprint density at radius 1 is 1.24 bits per heavy atom. The number of para-hydroxylation sites is 1. The number of aromatic nitrogens is 2. The van der Waals surface area contributed by atoms with Crippen LogP contribution in [0.4, 0.5) is 5.82 Å². The highest BCUT2D eigenvalue weighted by Crippen LogP contribution is 2.36. The molecule has 128 valence electrons. The lowest BCUT2D eigenvalue weighted by molar-refractivity contribution is 0.102. The average Bonchev–Trinajstić information content (AvgIpc) is 3.24. The molecule has 1 aliphatic rings. The third-order valence-corrected chi connectivity index (χ3v) is 5.38. The molecule has 3 aromatic rings. The molecule has 4 rings (SSSR count). The lowest BCUT2D eigenvalue weighted by atomic mass is 10.2. The van der Waals surface area contributed by atoms with Gasteiger partial charge in [-0.25, -0.2) is 4.68 Å². The molecule has 0 radical (unpaired) electrons. The normalized spacial score (nSPS) is 13.1. The van der Waals surface area contributed by atoms with E-state index in [-0.39, 0.29) is 5.91 Å². The molecule has 6 heteroatoms. The first-order chi connectivity index (χ1) is 12.0. The number of carbonyl (C=O) groups excluding carboxylic acids is 1. The Kier molecular flexibility index (Phi) is 3.92.